The molecule has 3 N–H and O–H groups in total. The molecule has 1 aromatic rings. The smallest absolute Gasteiger partial charge is 0.475 e. The summed E-state index contributed by atoms with van der Waals surface area (Å²) in [5.74, 6) is -2.79. The first-order chi connectivity index (χ1) is 12.5. The summed E-state index contributed by atoms with van der Waals surface area (Å²) in [6.45, 7) is 3.98. The molecule has 6 nitrogen and oxygen atoms in total. The number of nitrogens with two attached hydrogens (primary N) is 1. The van der Waals surface area contributed by atoms with Crippen molar-refractivity contribution >= 4 is 11.9 Å². The summed E-state index contributed by atoms with van der Waals surface area (Å²) >= 11 is 0. The minimum atomic E-state index is -5.08. The molecule has 9 heteroatoms. The van der Waals surface area contributed by atoms with Gasteiger partial charge >= 0.3 is 12.1 Å². The minimum Gasteiger partial charge on any atom is -0.475 e. The van der Waals surface area contributed by atoms with E-state index < -0.39 is 18.2 Å². The second kappa shape index (κ2) is 9.19. The van der Waals surface area contributed by atoms with E-state index in [4.69, 9.17) is 20.9 Å². The van der Waals surface area contributed by atoms with E-state index in [0.29, 0.717) is 12.0 Å². The molecule has 2 rings (SSSR count). The van der Waals surface area contributed by atoms with Crippen LogP contribution < -0.4 is 5.73 Å². The van der Waals surface area contributed by atoms with E-state index in [-0.39, 0.29) is 18.0 Å². The average molecular weight is 383 g/mol. The van der Waals surface area contributed by atoms with Gasteiger partial charge in [0.2, 0.25) is 5.91 Å². The summed E-state index contributed by atoms with van der Waals surface area (Å²) in [4.78, 5) is 23.1. The topological polar surface area (TPSA) is 107 Å². The van der Waals surface area contributed by atoms with E-state index >= 15 is 0 Å². The second-order valence-electron chi connectivity index (χ2n) is 6.03. The number of rotatable bonds is 3. The summed E-state index contributed by atoms with van der Waals surface area (Å²) in [5, 5.41) is 15.9. The summed E-state index contributed by atoms with van der Waals surface area (Å²) in [5.41, 5.74) is 7.62. The average Bonchev–Trinajstić information content (AvgIpc) is 2.93. The number of alkyl halides is 3. The first kappa shape index (κ1) is 22.2. The van der Waals surface area contributed by atoms with Gasteiger partial charge in [-0.3, -0.25) is 4.79 Å². The van der Waals surface area contributed by atoms with E-state index in [1.54, 1.807) is 12.1 Å². The molecule has 0 aromatic heterocycles. The molecule has 0 saturated heterocycles. The zero-order valence-electron chi connectivity index (χ0n) is 14.8. The molecule has 1 aliphatic rings. The highest BCUT2D eigenvalue weighted by Gasteiger charge is 2.38. The van der Waals surface area contributed by atoms with Gasteiger partial charge in [-0.15, -0.1) is 0 Å². The number of amides is 1. The maximum absolute atomic E-state index is 12.4. The Kier molecular flexibility index (Phi) is 7.55. The lowest BCUT2D eigenvalue weighted by molar-refractivity contribution is -0.192. The summed E-state index contributed by atoms with van der Waals surface area (Å²) in [7, 11) is 0. The molecule has 1 heterocycles. The molecule has 0 fully saturated rings. The van der Waals surface area contributed by atoms with Gasteiger partial charge in [-0.2, -0.15) is 18.4 Å². The fourth-order valence-electron chi connectivity index (χ4n) is 2.53. The normalized spacial score (nSPS) is 19.7. The maximum Gasteiger partial charge on any atom is 0.490 e. The quantitative estimate of drug-likeness (QED) is 0.779. The van der Waals surface area contributed by atoms with Crippen molar-refractivity contribution in [2.24, 2.45) is 5.73 Å². The SMILES string of the molecule is CC1C=CC(C)N1C(=O)C(N)Cc1ccc(C#N)cc1.O=C(O)C(F)(F)F. The van der Waals surface area contributed by atoms with Crippen LogP contribution in [-0.2, 0) is 16.0 Å². The Morgan fingerprint density at radius 1 is 1.22 bits per heavy atom. The van der Waals surface area contributed by atoms with E-state index in [2.05, 4.69) is 6.07 Å². The molecular weight excluding hydrogens is 363 g/mol. The number of carboxylic acid groups (broad SMARTS) is 1. The van der Waals surface area contributed by atoms with E-state index in [9.17, 15) is 18.0 Å². The standard InChI is InChI=1S/C16H19N3O.C2HF3O2/c1-11-3-4-12(2)19(11)16(20)15(18)9-13-5-7-14(10-17)8-6-13;3-2(4,5)1(6)7/h3-8,11-12,15H,9,18H2,1-2H3;(H,6,7). The Hall–Kier alpha value is -2.86. The third-order valence-corrected chi connectivity index (χ3v) is 3.90. The van der Waals surface area contributed by atoms with Crippen LogP contribution in [0.2, 0.25) is 0 Å². The molecule has 1 aromatic carbocycles. The lowest BCUT2D eigenvalue weighted by atomic mass is 10.0. The number of carboxylic acids is 1. The highest BCUT2D eigenvalue weighted by Crippen LogP contribution is 2.18. The first-order valence-electron chi connectivity index (χ1n) is 8.02. The molecule has 27 heavy (non-hydrogen) atoms. The van der Waals surface area contributed by atoms with Crippen LogP contribution in [0, 0.1) is 11.3 Å². The number of halogens is 3. The first-order valence-corrected chi connectivity index (χ1v) is 8.02. The maximum atomic E-state index is 12.4. The molecule has 0 saturated carbocycles. The number of nitriles is 1. The van der Waals surface area contributed by atoms with Crippen molar-refractivity contribution < 1.29 is 27.9 Å². The van der Waals surface area contributed by atoms with E-state index in [1.807, 2.05) is 43.0 Å². The molecule has 0 spiro atoms. The molecule has 3 unspecified atom stereocenters. The zero-order chi connectivity index (χ0) is 20.8. The third kappa shape index (κ3) is 6.42. The van der Waals surface area contributed by atoms with Gasteiger partial charge in [0.05, 0.1) is 17.7 Å². The van der Waals surface area contributed by atoms with Crippen LogP contribution in [0.25, 0.3) is 0 Å². The van der Waals surface area contributed by atoms with Crippen molar-refractivity contribution in [1.82, 2.24) is 4.90 Å². The van der Waals surface area contributed by atoms with Crippen molar-refractivity contribution in [3.05, 3.63) is 47.5 Å². The zero-order valence-corrected chi connectivity index (χ0v) is 14.8. The van der Waals surface area contributed by atoms with Crippen molar-refractivity contribution in [3.63, 3.8) is 0 Å². The van der Waals surface area contributed by atoms with Gasteiger partial charge in [-0.05, 0) is 38.0 Å². The number of hydrogen-bond acceptors (Lipinski definition) is 4. The Labute approximate surface area is 154 Å². The van der Waals surface area contributed by atoms with Gasteiger partial charge in [0.15, 0.2) is 0 Å². The van der Waals surface area contributed by atoms with Crippen LogP contribution in [-0.4, -0.2) is 46.2 Å². The largest absolute Gasteiger partial charge is 0.490 e. The Balaban J connectivity index is 0.000000445. The van der Waals surface area contributed by atoms with Crippen molar-refractivity contribution in [1.29, 1.82) is 5.26 Å². The van der Waals surface area contributed by atoms with Crippen molar-refractivity contribution in [3.8, 4) is 6.07 Å². The van der Waals surface area contributed by atoms with Gasteiger partial charge in [-0.1, -0.05) is 24.3 Å². The van der Waals surface area contributed by atoms with Crippen LogP contribution in [0.3, 0.4) is 0 Å². The molecule has 3 atom stereocenters. The monoisotopic (exact) mass is 383 g/mol. The lowest BCUT2D eigenvalue weighted by Crippen LogP contribution is -2.49. The van der Waals surface area contributed by atoms with Gasteiger partial charge in [0.25, 0.3) is 0 Å². The third-order valence-electron chi connectivity index (χ3n) is 3.90. The number of benzene rings is 1. The fraction of sp³-hybridized carbons (Fsp3) is 0.389. The number of carbonyl (C=O) groups excluding carboxylic acids is 1. The molecule has 0 aliphatic carbocycles. The second-order valence-corrected chi connectivity index (χ2v) is 6.03. The predicted octanol–water partition coefficient (Wildman–Crippen LogP) is 2.24. The molecule has 1 aliphatic heterocycles. The number of aliphatic carboxylic acids is 1. The van der Waals surface area contributed by atoms with Crippen LogP contribution in [0.1, 0.15) is 25.0 Å². The summed E-state index contributed by atoms with van der Waals surface area (Å²) < 4.78 is 31.7. The van der Waals surface area contributed by atoms with Gasteiger partial charge in [0, 0.05) is 12.1 Å². The molecule has 0 radical (unpaired) electrons. The highest BCUT2D eigenvalue weighted by molar-refractivity contribution is 5.83. The molecule has 1 amide bonds. The summed E-state index contributed by atoms with van der Waals surface area (Å²) in [6, 6.07) is 8.91. The Morgan fingerprint density at radius 3 is 2.04 bits per heavy atom. The number of carbonyl (C=O) groups is 2. The van der Waals surface area contributed by atoms with Crippen molar-refractivity contribution in [2.75, 3.05) is 0 Å². The van der Waals surface area contributed by atoms with Gasteiger partial charge < -0.3 is 15.7 Å². The predicted molar refractivity (Wildman–Crippen MR) is 91.4 cm³/mol. The van der Waals surface area contributed by atoms with Crippen LogP contribution in [0.5, 0.6) is 0 Å². The molecule has 146 valence electrons. The Morgan fingerprint density at radius 2 is 1.67 bits per heavy atom. The van der Waals surface area contributed by atoms with Crippen molar-refractivity contribution in [2.45, 2.75) is 44.6 Å². The van der Waals surface area contributed by atoms with E-state index in [0.717, 1.165) is 5.56 Å². The number of hydrogen-bond donors (Lipinski definition) is 2. The molecular formula is C18H20F3N3O3. The van der Waals surface area contributed by atoms with Crippen LogP contribution in [0.15, 0.2) is 36.4 Å². The lowest BCUT2D eigenvalue weighted by Gasteiger charge is -2.29. The van der Waals surface area contributed by atoms with Crippen LogP contribution in [0.4, 0.5) is 13.2 Å². The fourth-order valence-corrected chi connectivity index (χ4v) is 2.53. The Bertz CT molecular complexity index is 727. The van der Waals surface area contributed by atoms with E-state index in [1.165, 1.54) is 0 Å². The minimum absolute atomic E-state index is 0.0284. The van der Waals surface area contributed by atoms with Gasteiger partial charge in [0.1, 0.15) is 0 Å². The highest BCUT2D eigenvalue weighted by atomic mass is 19.4. The molecule has 0 bridgehead atoms. The van der Waals surface area contributed by atoms with Crippen LogP contribution >= 0.6 is 0 Å². The van der Waals surface area contributed by atoms with Gasteiger partial charge in [-0.25, -0.2) is 4.79 Å². The number of nitrogens with zero attached hydrogens (tertiary/aromatic N) is 2. The summed E-state index contributed by atoms with van der Waals surface area (Å²) in [6.07, 6.45) is -0.547.